The van der Waals surface area contributed by atoms with Crippen molar-refractivity contribution in [2.75, 3.05) is 0 Å². The van der Waals surface area contributed by atoms with Gasteiger partial charge in [0, 0.05) is 6.42 Å². The fourth-order valence-electron chi connectivity index (χ4n) is 1.47. The topological polar surface area (TPSA) is 55.5 Å². The number of benzene rings is 1. The van der Waals surface area contributed by atoms with Crippen LogP contribution in [-0.4, -0.2) is 11.1 Å². The predicted molar refractivity (Wildman–Crippen MR) is 62.6 cm³/mol. The van der Waals surface area contributed by atoms with Crippen LogP contribution in [0.15, 0.2) is 52.8 Å². The Bertz CT molecular complexity index is 487. The van der Waals surface area contributed by atoms with E-state index in [4.69, 9.17) is 0 Å². The molecular weight excluding hydrogens is 204 g/mol. The van der Waals surface area contributed by atoms with Gasteiger partial charge in [-0.25, -0.2) is 0 Å². The van der Waals surface area contributed by atoms with E-state index in [-0.39, 0.29) is 5.82 Å². The van der Waals surface area contributed by atoms with Gasteiger partial charge in [-0.1, -0.05) is 41.4 Å². The molecule has 16 heavy (non-hydrogen) atoms. The molecule has 0 aromatic heterocycles. The Morgan fingerprint density at radius 2 is 2.00 bits per heavy atom. The SMILES string of the molecule is O=[N+]([O-])C1=C(/C=C/c2ccccc2)CC=N1. The molecule has 0 amide bonds. The van der Waals surface area contributed by atoms with Gasteiger partial charge in [0.05, 0.1) is 5.57 Å². The van der Waals surface area contributed by atoms with Crippen molar-refractivity contribution >= 4 is 12.3 Å². The normalized spacial score (nSPS) is 15.0. The number of rotatable bonds is 3. The fraction of sp³-hybridized carbons (Fsp3) is 0.0833. The second-order valence-electron chi connectivity index (χ2n) is 3.37. The Balaban J connectivity index is 2.20. The van der Waals surface area contributed by atoms with Gasteiger partial charge in [-0.05, 0) is 16.6 Å². The Hall–Kier alpha value is -2.23. The van der Waals surface area contributed by atoms with Crippen molar-refractivity contribution in [1.29, 1.82) is 0 Å². The van der Waals surface area contributed by atoms with Gasteiger partial charge in [0.15, 0.2) is 0 Å². The number of nitrogens with zero attached hydrogens (tertiary/aromatic N) is 2. The Morgan fingerprint density at radius 1 is 1.25 bits per heavy atom. The monoisotopic (exact) mass is 214 g/mol. The first kappa shape index (κ1) is 10.3. The summed E-state index contributed by atoms with van der Waals surface area (Å²) in [7, 11) is 0. The van der Waals surface area contributed by atoms with Crippen LogP contribution in [0.1, 0.15) is 12.0 Å². The predicted octanol–water partition coefficient (Wildman–Crippen LogP) is 2.66. The quantitative estimate of drug-likeness (QED) is 0.573. The highest BCUT2D eigenvalue weighted by atomic mass is 16.6. The molecule has 0 spiro atoms. The largest absolute Gasteiger partial charge is 0.366 e. The molecule has 0 aliphatic carbocycles. The maximum absolute atomic E-state index is 10.6. The van der Waals surface area contributed by atoms with E-state index in [0.717, 1.165) is 5.56 Å². The molecule has 0 atom stereocenters. The minimum Gasteiger partial charge on any atom is -0.358 e. The third kappa shape index (κ3) is 2.23. The maximum atomic E-state index is 10.6. The van der Waals surface area contributed by atoms with E-state index >= 15 is 0 Å². The maximum Gasteiger partial charge on any atom is 0.366 e. The lowest BCUT2D eigenvalue weighted by molar-refractivity contribution is -0.426. The molecule has 4 heteroatoms. The van der Waals surface area contributed by atoms with Crippen molar-refractivity contribution in [2.24, 2.45) is 4.99 Å². The summed E-state index contributed by atoms with van der Waals surface area (Å²) in [6.45, 7) is 0. The minimum atomic E-state index is -0.450. The smallest absolute Gasteiger partial charge is 0.358 e. The average Bonchev–Trinajstić information content (AvgIpc) is 2.76. The molecule has 0 saturated carbocycles. The van der Waals surface area contributed by atoms with Gasteiger partial charge in [0.1, 0.15) is 6.21 Å². The number of hydrogen-bond acceptors (Lipinski definition) is 3. The van der Waals surface area contributed by atoms with Gasteiger partial charge in [0.2, 0.25) is 0 Å². The van der Waals surface area contributed by atoms with Gasteiger partial charge in [0.25, 0.3) is 0 Å². The highest BCUT2D eigenvalue weighted by molar-refractivity contribution is 5.69. The lowest BCUT2D eigenvalue weighted by Crippen LogP contribution is -1.95. The molecular formula is C12H10N2O2. The number of allylic oxidation sites excluding steroid dienone is 2. The van der Waals surface area contributed by atoms with Gasteiger partial charge >= 0.3 is 5.82 Å². The summed E-state index contributed by atoms with van der Waals surface area (Å²) >= 11 is 0. The average molecular weight is 214 g/mol. The van der Waals surface area contributed by atoms with Crippen molar-refractivity contribution in [3.8, 4) is 0 Å². The molecule has 1 aromatic rings. The number of hydrogen-bond donors (Lipinski definition) is 0. The van der Waals surface area contributed by atoms with Crippen molar-refractivity contribution < 1.29 is 4.92 Å². The zero-order valence-electron chi connectivity index (χ0n) is 8.54. The lowest BCUT2D eigenvalue weighted by atomic mass is 10.1. The molecule has 0 radical (unpaired) electrons. The standard InChI is InChI=1S/C12H10N2O2/c15-14(16)12-11(8-9-13-12)7-6-10-4-2-1-3-5-10/h1-7,9H,8H2/b7-6+. The summed E-state index contributed by atoms with van der Waals surface area (Å²) in [4.78, 5) is 13.9. The van der Waals surface area contributed by atoms with Crippen LogP contribution < -0.4 is 0 Å². The second-order valence-corrected chi connectivity index (χ2v) is 3.37. The molecule has 2 rings (SSSR count). The van der Waals surface area contributed by atoms with Gasteiger partial charge in [-0.15, -0.1) is 0 Å². The zero-order chi connectivity index (χ0) is 11.4. The minimum absolute atomic E-state index is 0.0489. The van der Waals surface area contributed by atoms with E-state index in [1.165, 1.54) is 0 Å². The first-order valence-corrected chi connectivity index (χ1v) is 4.90. The highest BCUT2D eigenvalue weighted by Crippen LogP contribution is 2.18. The fourth-order valence-corrected chi connectivity index (χ4v) is 1.47. The lowest BCUT2D eigenvalue weighted by Gasteiger charge is -1.94. The summed E-state index contributed by atoms with van der Waals surface area (Å²) in [6, 6.07) is 9.66. The van der Waals surface area contributed by atoms with E-state index in [1.807, 2.05) is 36.4 Å². The molecule has 0 bridgehead atoms. The van der Waals surface area contributed by atoms with Crippen molar-refractivity contribution in [2.45, 2.75) is 6.42 Å². The Kier molecular flexibility index (Phi) is 2.91. The van der Waals surface area contributed by atoms with E-state index in [2.05, 4.69) is 4.99 Å². The molecule has 0 unspecified atom stereocenters. The van der Waals surface area contributed by atoms with E-state index < -0.39 is 4.92 Å². The first-order chi connectivity index (χ1) is 7.77. The second kappa shape index (κ2) is 4.53. The van der Waals surface area contributed by atoms with E-state index in [9.17, 15) is 10.1 Å². The van der Waals surface area contributed by atoms with Crippen LogP contribution in [0.25, 0.3) is 6.08 Å². The van der Waals surface area contributed by atoms with Crippen LogP contribution in [0, 0.1) is 10.1 Å². The third-order valence-electron chi connectivity index (χ3n) is 2.26. The molecule has 1 aliphatic rings. The third-order valence-corrected chi connectivity index (χ3v) is 2.26. The molecule has 0 N–H and O–H groups in total. The Labute approximate surface area is 92.8 Å². The Morgan fingerprint density at radius 3 is 2.69 bits per heavy atom. The van der Waals surface area contributed by atoms with Crippen molar-refractivity contribution in [1.82, 2.24) is 0 Å². The van der Waals surface area contributed by atoms with E-state index in [1.54, 1.807) is 12.3 Å². The summed E-state index contributed by atoms with van der Waals surface area (Å²) in [5, 5.41) is 10.6. The zero-order valence-corrected chi connectivity index (χ0v) is 8.54. The van der Waals surface area contributed by atoms with Gasteiger partial charge in [-0.3, -0.25) is 0 Å². The van der Waals surface area contributed by atoms with Crippen LogP contribution in [0.4, 0.5) is 0 Å². The van der Waals surface area contributed by atoms with Crippen molar-refractivity contribution in [3.05, 3.63) is 63.5 Å². The van der Waals surface area contributed by atoms with Crippen LogP contribution in [0.5, 0.6) is 0 Å². The highest BCUT2D eigenvalue weighted by Gasteiger charge is 2.19. The van der Waals surface area contributed by atoms with Crippen LogP contribution in [-0.2, 0) is 0 Å². The molecule has 1 aromatic carbocycles. The van der Waals surface area contributed by atoms with Gasteiger partial charge < -0.3 is 10.1 Å². The molecule has 1 heterocycles. The van der Waals surface area contributed by atoms with Gasteiger partial charge in [-0.2, -0.15) is 0 Å². The first-order valence-electron chi connectivity index (χ1n) is 4.90. The number of nitro groups is 1. The van der Waals surface area contributed by atoms with Crippen LogP contribution in [0.2, 0.25) is 0 Å². The number of aliphatic imine (C=N–C) groups is 1. The van der Waals surface area contributed by atoms with Crippen LogP contribution in [0.3, 0.4) is 0 Å². The molecule has 4 nitrogen and oxygen atoms in total. The molecule has 0 saturated heterocycles. The van der Waals surface area contributed by atoms with Crippen molar-refractivity contribution in [3.63, 3.8) is 0 Å². The molecule has 80 valence electrons. The summed E-state index contributed by atoms with van der Waals surface area (Å²) in [5.74, 6) is -0.0489. The van der Waals surface area contributed by atoms with E-state index in [0.29, 0.717) is 12.0 Å². The summed E-state index contributed by atoms with van der Waals surface area (Å²) in [6.07, 6.45) is 5.69. The summed E-state index contributed by atoms with van der Waals surface area (Å²) < 4.78 is 0. The molecule has 0 fully saturated rings. The summed E-state index contributed by atoms with van der Waals surface area (Å²) in [5.41, 5.74) is 1.67. The van der Waals surface area contributed by atoms with Crippen LogP contribution >= 0.6 is 0 Å². The molecule has 1 aliphatic heterocycles.